The van der Waals surface area contributed by atoms with Gasteiger partial charge in [-0.1, -0.05) is 0 Å². The fraction of sp³-hybridized carbons (Fsp3) is 0.692. The molecule has 1 aliphatic heterocycles. The van der Waals surface area contributed by atoms with E-state index in [2.05, 4.69) is 20.2 Å². The third-order valence-corrected chi connectivity index (χ3v) is 3.16. The standard InChI is InChI=1S/C13H22N4O2/c1-10-15-12(14-5-7-19-2)8-13(16-10)17-6-3-4-11(18)9-17/h8,11,18H,3-7,9H2,1-2H3,(H,14,15,16). The van der Waals surface area contributed by atoms with E-state index in [1.165, 1.54) is 0 Å². The molecule has 1 aliphatic rings. The molecule has 0 bridgehead atoms. The van der Waals surface area contributed by atoms with Gasteiger partial charge in [0.15, 0.2) is 0 Å². The topological polar surface area (TPSA) is 70.5 Å². The van der Waals surface area contributed by atoms with E-state index in [0.717, 1.165) is 43.4 Å². The van der Waals surface area contributed by atoms with Gasteiger partial charge in [-0.25, -0.2) is 9.97 Å². The van der Waals surface area contributed by atoms with Crippen molar-refractivity contribution in [2.75, 3.05) is 43.6 Å². The maximum absolute atomic E-state index is 9.74. The van der Waals surface area contributed by atoms with Crippen LogP contribution in [0.15, 0.2) is 6.07 Å². The zero-order valence-corrected chi connectivity index (χ0v) is 11.6. The summed E-state index contributed by atoms with van der Waals surface area (Å²) in [6.45, 7) is 4.82. The van der Waals surface area contributed by atoms with Crippen molar-refractivity contribution in [2.45, 2.75) is 25.9 Å². The lowest BCUT2D eigenvalue weighted by molar-refractivity contribution is 0.154. The first kappa shape index (κ1) is 14.0. The second kappa shape index (κ2) is 6.68. The molecule has 0 spiro atoms. The van der Waals surface area contributed by atoms with Crippen molar-refractivity contribution in [2.24, 2.45) is 0 Å². The number of β-amino-alcohol motifs (C(OH)–C–C–N with tert-alkyl or cyclic N) is 1. The fourth-order valence-electron chi connectivity index (χ4n) is 2.25. The van der Waals surface area contributed by atoms with Crippen LogP contribution in [-0.4, -0.2) is 54.5 Å². The Morgan fingerprint density at radius 2 is 2.37 bits per heavy atom. The summed E-state index contributed by atoms with van der Waals surface area (Å²) in [5.41, 5.74) is 0. The maximum Gasteiger partial charge on any atom is 0.134 e. The third kappa shape index (κ3) is 4.04. The molecule has 0 radical (unpaired) electrons. The lowest BCUT2D eigenvalue weighted by atomic mass is 10.1. The number of aliphatic hydroxyl groups is 1. The second-order valence-electron chi connectivity index (χ2n) is 4.82. The van der Waals surface area contributed by atoms with Crippen molar-refractivity contribution in [3.63, 3.8) is 0 Å². The number of aromatic nitrogens is 2. The maximum atomic E-state index is 9.74. The SMILES string of the molecule is COCCNc1cc(N2CCCC(O)C2)nc(C)n1. The van der Waals surface area contributed by atoms with E-state index in [1.807, 2.05) is 13.0 Å². The van der Waals surface area contributed by atoms with Crippen LogP contribution < -0.4 is 10.2 Å². The van der Waals surface area contributed by atoms with Gasteiger partial charge >= 0.3 is 0 Å². The summed E-state index contributed by atoms with van der Waals surface area (Å²) in [6, 6.07) is 1.93. The summed E-state index contributed by atoms with van der Waals surface area (Å²) in [5, 5.41) is 12.9. The number of nitrogens with zero attached hydrogens (tertiary/aromatic N) is 3. The highest BCUT2D eigenvalue weighted by Gasteiger charge is 2.19. The Bertz CT molecular complexity index is 414. The molecule has 1 atom stereocenters. The van der Waals surface area contributed by atoms with Gasteiger partial charge in [0.25, 0.3) is 0 Å². The van der Waals surface area contributed by atoms with E-state index in [4.69, 9.17) is 4.74 Å². The Labute approximate surface area is 113 Å². The second-order valence-corrected chi connectivity index (χ2v) is 4.82. The first-order valence-corrected chi connectivity index (χ1v) is 6.70. The molecule has 2 heterocycles. The van der Waals surface area contributed by atoms with Crippen LogP contribution in [0, 0.1) is 6.92 Å². The van der Waals surface area contributed by atoms with E-state index < -0.39 is 0 Å². The van der Waals surface area contributed by atoms with Crippen molar-refractivity contribution in [3.8, 4) is 0 Å². The van der Waals surface area contributed by atoms with Gasteiger partial charge < -0.3 is 20.1 Å². The highest BCUT2D eigenvalue weighted by atomic mass is 16.5. The summed E-state index contributed by atoms with van der Waals surface area (Å²) < 4.78 is 5.01. The molecule has 0 aromatic carbocycles. The number of methoxy groups -OCH3 is 1. The Hall–Kier alpha value is -1.40. The van der Waals surface area contributed by atoms with Gasteiger partial charge in [-0.2, -0.15) is 0 Å². The average Bonchev–Trinajstić information content (AvgIpc) is 2.38. The minimum absolute atomic E-state index is 0.256. The van der Waals surface area contributed by atoms with Gasteiger partial charge in [0.2, 0.25) is 0 Å². The molecule has 0 aliphatic carbocycles. The molecular weight excluding hydrogens is 244 g/mol. The number of hydrogen-bond donors (Lipinski definition) is 2. The predicted molar refractivity (Wildman–Crippen MR) is 74.6 cm³/mol. The number of aryl methyl sites for hydroxylation is 1. The summed E-state index contributed by atoms with van der Waals surface area (Å²) in [5.74, 6) is 2.42. The molecule has 0 saturated carbocycles. The van der Waals surface area contributed by atoms with E-state index >= 15 is 0 Å². The molecule has 19 heavy (non-hydrogen) atoms. The van der Waals surface area contributed by atoms with Crippen LogP contribution in [0.25, 0.3) is 0 Å². The van der Waals surface area contributed by atoms with E-state index in [9.17, 15) is 5.11 Å². The van der Waals surface area contributed by atoms with Gasteiger partial charge in [0, 0.05) is 32.8 Å². The first-order chi connectivity index (χ1) is 9.19. The third-order valence-electron chi connectivity index (χ3n) is 3.16. The monoisotopic (exact) mass is 266 g/mol. The number of piperidine rings is 1. The van der Waals surface area contributed by atoms with Crippen molar-refractivity contribution in [1.29, 1.82) is 0 Å². The van der Waals surface area contributed by atoms with Crippen molar-refractivity contribution < 1.29 is 9.84 Å². The number of hydrogen-bond acceptors (Lipinski definition) is 6. The molecule has 1 aromatic rings. The predicted octanol–water partition coefficient (Wildman–Crippen LogP) is 0.804. The minimum atomic E-state index is -0.256. The summed E-state index contributed by atoms with van der Waals surface area (Å²) in [6.07, 6.45) is 1.62. The molecule has 2 N–H and O–H groups in total. The van der Waals surface area contributed by atoms with Crippen molar-refractivity contribution in [1.82, 2.24) is 9.97 Å². The number of rotatable bonds is 5. The molecule has 1 saturated heterocycles. The molecule has 6 nitrogen and oxygen atoms in total. The Morgan fingerprint density at radius 1 is 1.53 bits per heavy atom. The number of aliphatic hydroxyl groups excluding tert-OH is 1. The smallest absolute Gasteiger partial charge is 0.134 e. The van der Waals surface area contributed by atoms with Crippen LogP contribution in [0.2, 0.25) is 0 Å². The quantitative estimate of drug-likeness (QED) is 0.768. The Morgan fingerprint density at radius 3 is 3.11 bits per heavy atom. The van der Waals surface area contributed by atoms with Crippen LogP contribution in [0.5, 0.6) is 0 Å². The average molecular weight is 266 g/mol. The molecule has 1 aromatic heterocycles. The largest absolute Gasteiger partial charge is 0.391 e. The van der Waals surface area contributed by atoms with Crippen LogP contribution in [-0.2, 0) is 4.74 Å². The van der Waals surface area contributed by atoms with Crippen LogP contribution >= 0.6 is 0 Å². The van der Waals surface area contributed by atoms with Gasteiger partial charge in [-0.05, 0) is 19.8 Å². The minimum Gasteiger partial charge on any atom is -0.391 e. The summed E-state index contributed by atoms with van der Waals surface area (Å²) in [4.78, 5) is 10.9. The molecule has 6 heteroatoms. The Kier molecular flexibility index (Phi) is 4.93. The lowest BCUT2D eigenvalue weighted by Gasteiger charge is -2.31. The zero-order valence-electron chi connectivity index (χ0n) is 11.6. The number of ether oxygens (including phenoxy) is 1. The van der Waals surface area contributed by atoms with E-state index in [0.29, 0.717) is 13.2 Å². The molecule has 106 valence electrons. The normalized spacial score (nSPS) is 19.5. The number of nitrogens with one attached hydrogen (secondary N) is 1. The molecular formula is C13H22N4O2. The van der Waals surface area contributed by atoms with Crippen molar-refractivity contribution in [3.05, 3.63) is 11.9 Å². The fourth-order valence-corrected chi connectivity index (χ4v) is 2.25. The molecule has 0 amide bonds. The van der Waals surface area contributed by atoms with E-state index in [1.54, 1.807) is 7.11 Å². The van der Waals surface area contributed by atoms with Gasteiger partial charge in [-0.3, -0.25) is 0 Å². The van der Waals surface area contributed by atoms with E-state index in [-0.39, 0.29) is 6.10 Å². The van der Waals surface area contributed by atoms with Gasteiger partial charge in [-0.15, -0.1) is 0 Å². The van der Waals surface area contributed by atoms with Crippen LogP contribution in [0.3, 0.4) is 0 Å². The highest BCUT2D eigenvalue weighted by molar-refractivity contribution is 5.49. The van der Waals surface area contributed by atoms with Crippen molar-refractivity contribution >= 4 is 11.6 Å². The molecule has 1 unspecified atom stereocenters. The molecule has 1 fully saturated rings. The van der Waals surface area contributed by atoms with Crippen LogP contribution in [0.4, 0.5) is 11.6 Å². The summed E-state index contributed by atoms with van der Waals surface area (Å²) >= 11 is 0. The first-order valence-electron chi connectivity index (χ1n) is 6.70. The highest BCUT2D eigenvalue weighted by Crippen LogP contribution is 2.20. The lowest BCUT2D eigenvalue weighted by Crippen LogP contribution is -2.38. The van der Waals surface area contributed by atoms with Gasteiger partial charge in [0.05, 0.1) is 12.7 Å². The van der Waals surface area contributed by atoms with Gasteiger partial charge in [0.1, 0.15) is 17.5 Å². The van der Waals surface area contributed by atoms with Crippen LogP contribution in [0.1, 0.15) is 18.7 Å². The Balaban J connectivity index is 2.07. The summed E-state index contributed by atoms with van der Waals surface area (Å²) in [7, 11) is 1.67. The number of anilines is 2. The molecule has 2 rings (SSSR count). The zero-order chi connectivity index (χ0) is 13.7.